The Morgan fingerprint density at radius 1 is 1.38 bits per heavy atom. The number of likely N-dealkylation sites (N-methyl/N-ethyl adjacent to an activating group) is 2. The molecule has 1 aliphatic heterocycles. The predicted octanol–water partition coefficient (Wildman–Crippen LogP) is 2.72. The number of nitrogens with zero attached hydrogens (tertiary/aromatic N) is 2. The summed E-state index contributed by atoms with van der Waals surface area (Å²) in [7, 11) is 2.23. The van der Waals surface area contributed by atoms with Crippen LogP contribution in [0.1, 0.15) is 42.5 Å². The van der Waals surface area contributed by atoms with Crippen LogP contribution in [0.5, 0.6) is 0 Å². The number of aryl methyl sites for hydroxylation is 2. The van der Waals surface area contributed by atoms with E-state index in [9.17, 15) is 0 Å². The van der Waals surface area contributed by atoms with Crippen LogP contribution in [0.2, 0.25) is 0 Å². The molecule has 21 heavy (non-hydrogen) atoms. The molecular weight excluding hydrogens is 258 g/mol. The number of rotatable bonds is 6. The standard InChI is InChI=1S/C18H31N3/c1-5-21-10-6-7-16(21)13-20(4)18(12-19)17-11-14(2)8-9-15(17)3/h8-9,11,16,18H,5-7,10,12-13,19H2,1-4H3. The molecule has 2 unspecified atom stereocenters. The zero-order valence-electron chi connectivity index (χ0n) is 14.1. The minimum Gasteiger partial charge on any atom is -0.329 e. The molecule has 3 nitrogen and oxygen atoms in total. The molecule has 3 heteroatoms. The largest absolute Gasteiger partial charge is 0.329 e. The van der Waals surface area contributed by atoms with E-state index in [0.29, 0.717) is 18.6 Å². The quantitative estimate of drug-likeness (QED) is 0.874. The van der Waals surface area contributed by atoms with Gasteiger partial charge in [-0.15, -0.1) is 0 Å². The van der Waals surface area contributed by atoms with Gasteiger partial charge in [0.2, 0.25) is 0 Å². The zero-order chi connectivity index (χ0) is 15.4. The van der Waals surface area contributed by atoms with E-state index in [2.05, 4.69) is 55.8 Å². The number of likely N-dealkylation sites (tertiary alicyclic amines) is 1. The van der Waals surface area contributed by atoms with E-state index in [1.165, 1.54) is 36.1 Å². The average molecular weight is 289 g/mol. The zero-order valence-corrected chi connectivity index (χ0v) is 14.1. The maximum Gasteiger partial charge on any atom is 0.0470 e. The number of nitrogens with two attached hydrogens (primary N) is 1. The summed E-state index contributed by atoms with van der Waals surface area (Å²) in [6.07, 6.45) is 2.66. The van der Waals surface area contributed by atoms with E-state index in [-0.39, 0.29) is 0 Å². The fraction of sp³-hybridized carbons (Fsp3) is 0.667. The van der Waals surface area contributed by atoms with E-state index in [1.54, 1.807) is 0 Å². The Bertz CT molecular complexity index is 458. The Hall–Kier alpha value is -0.900. The Balaban J connectivity index is 2.11. The molecule has 0 radical (unpaired) electrons. The minimum atomic E-state index is 0.323. The third-order valence-electron chi connectivity index (χ3n) is 4.95. The van der Waals surface area contributed by atoms with E-state index in [4.69, 9.17) is 5.73 Å². The third-order valence-corrected chi connectivity index (χ3v) is 4.95. The van der Waals surface area contributed by atoms with Crippen molar-refractivity contribution in [2.45, 2.75) is 45.7 Å². The van der Waals surface area contributed by atoms with Crippen molar-refractivity contribution in [3.63, 3.8) is 0 Å². The first kappa shape index (κ1) is 16.5. The van der Waals surface area contributed by atoms with Crippen LogP contribution in [0.15, 0.2) is 18.2 Å². The molecule has 0 aromatic heterocycles. The van der Waals surface area contributed by atoms with Crippen molar-refractivity contribution >= 4 is 0 Å². The fourth-order valence-corrected chi connectivity index (χ4v) is 3.64. The first-order chi connectivity index (χ1) is 10.1. The van der Waals surface area contributed by atoms with E-state index in [0.717, 1.165) is 13.1 Å². The SMILES string of the molecule is CCN1CCCC1CN(C)C(CN)c1cc(C)ccc1C. The highest BCUT2D eigenvalue weighted by Crippen LogP contribution is 2.25. The molecule has 0 spiro atoms. The smallest absolute Gasteiger partial charge is 0.0470 e. The second kappa shape index (κ2) is 7.39. The highest BCUT2D eigenvalue weighted by molar-refractivity contribution is 5.33. The summed E-state index contributed by atoms with van der Waals surface area (Å²) in [6.45, 7) is 10.8. The molecule has 0 aliphatic carbocycles. The van der Waals surface area contributed by atoms with Crippen molar-refractivity contribution in [3.05, 3.63) is 34.9 Å². The lowest BCUT2D eigenvalue weighted by Crippen LogP contribution is -2.42. The van der Waals surface area contributed by atoms with Crippen molar-refractivity contribution < 1.29 is 0 Å². The van der Waals surface area contributed by atoms with Gasteiger partial charge in [-0.1, -0.05) is 30.7 Å². The Morgan fingerprint density at radius 3 is 2.81 bits per heavy atom. The van der Waals surface area contributed by atoms with Gasteiger partial charge < -0.3 is 5.73 Å². The molecule has 1 heterocycles. The summed E-state index contributed by atoms with van der Waals surface area (Å²) in [5, 5.41) is 0. The topological polar surface area (TPSA) is 32.5 Å². The van der Waals surface area contributed by atoms with Gasteiger partial charge in [0.15, 0.2) is 0 Å². The molecular formula is C18H31N3. The van der Waals surface area contributed by atoms with Crippen molar-refractivity contribution in [2.75, 3.05) is 33.2 Å². The molecule has 2 N–H and O–H groups in total. The second-order valence-corrected chi connectivity index (χ2v) is 6.48. The molecule has 1 fully saturated rings. The van der Waals surface area contributed by atoms with Crippen molar-refractivity contribution in [2.24, 2.45) is 5.73 Å². The molecule has 1 aliphatic rings. The Morgan fingerprint density at radius 2 is 2.14 bits per heavy atom. The monoisotopic (exact) mass is 289 g/mol. The summed E-state index contributed by atoms with van der Waals surface area (Å²) in [6, 6.07) is 7.72. The number of hydrogen-bond acceptors (Lipinski definition) is 3. The first-order valence-electron chi connectivity index (χ1n) is 8.28. The highest BCUT2D eigenvalue weighted by Gasteiger charge is 2.27. The van der Waals surface area contributed by atoms with Crippen LogP contribution >= 0.6 is 0 Å². The molecule has 2 atom stereocenters. The summed E-state index contributed by atoms with van der Waals surface area (Å²) in [4.78, 5) is 5.06. The van der Waals surface area contributed by atoms with Crippen LogP contribution in [0.25, 0.3) is 0 Å². The van der Waals surface area contributed by atoms with E-state index in [1.807, 2.05) is 0 Å². The molecule has 2 rings (SSSR count). The fourth-order valence-electron chi connectivity index (χ4n) is 3.64. The molecule has 0 amide bonds. The van der Waals surface area contributed by atoms with Gasteiger partial charge in [-0.2, -0.15) is 0 Å². The Kier molecular flexibility index (Phi) is 5.80. The minimum absolute atomic E-state index is 0.323. The molecule has 1 aromatic carbocycles. The summed E-state index contributed by atoms with van der Waals surface area (Å²) >= 11 is 0. The summed E-state index contributed by atoms with van der Waals surface area (Å²) in [5.74, 6) is 0. The van der Waals surface area contributed by atoms with Gasteiger partial charge >= 0.3 is 0 Å². The van der Waals surface area contributed by atoms with Crippen LogP contribution in [-0.2, 0) is 0 Å². The van der Waals surface area contributed by atoms with E-state index >= 15 is 0 Å². The predicted molar refractivity (Wildman–Crippen MR) is 90.6 cm³/mol. The van der Waals surface area contributed by atoms with Gasteiger partial charge in [0, 0.05) is 25.2 Å². The maximum atomic E-state index is 6.11. The number of benzene rings is 1. The van der Waals surface area contributed by atoms with Crippen LogP contribution in [0, 0.1) is 13.8 Å². The molecule has 1 aromatic rings. The van der Waals surface area contributed by atoms with Crippen LogP contribution in [0.4, 0.5) is 0 Å². The van der Waals surface area contributed by atoms with Gasteiger partial charge in [0.25, 0.3) is 0 Å². The van der Waals surface area contributed by atoms with Crippen LogP contribution in [-0.4, -0.2) is 49.1 Å². The van der Waals surface area contributed by atoms with E-state index < -0.39 is 0 Å². The van der Waals surface area contributed by atoms with Crippen LogP contribution < -0.4 is 5.73 Å². The lowest BCUT2D eigenvalue weighted by atomic mass is 9.97. The van der Waals surface area contributed by atoms with Crippen molar-refractivity contribution in [1.82, 2.24) is 9.80 Å². The highest BCUT2D eigenvalue weighted by atomic mass is 15.2. The Labute approximate surface area is 130 Å². The maximum absolute atomic E-state index is 6.11. The van der Waals surface area contributed by atoms with Gasteiger partial charge in [-0.25, -0.2) is 0 Å². The van der Waals surface area contributed by atoms with Crippen molar-refractivity contribution in [1.29, 1.82) is 0 Å². The third kappa shape index (κ3) is 3.85. The molecule has 1 saturated heterocycles. The van der Waals surface area contributed by atoms with Gasteiger partial charge in [0.1, 0.15) is 0 Å². The molecule has 0 saturated carbocycles. The number of hydrogen-bond donors (Lipinski definition) is 1. The van der Waals surface area contributed by atoms with Gasteiger partial charge in [0.05, 0.1) is 0 Å². The lowest BCUT2D eigenvalue weighted by molar-refractivity contribution is 0.165. The van der Waals surface area contributed by atoms with Crippen molar-refractivity contribution in [3.8, 4) is 0 Å². The molecule has 0 bridgehead atoms. The van der Waals surface area contributed by atoms with Gasteiger partial charge in [-0.3, -0.25) is 9.80 Å². The normalized spacial score (nSPS) is 21.1. The second-order valence-electron chi connectivity index (χ2n) is 6.48. The van der Waals surface area contributed by atoms with Crippen LogP contribution in [0.3, 0.4) is 0 Å². The summed E-state index contributed by atoms with van der Waals surface area (Å²) < 4.78 is 0. The first-order valence-corrected chi connectivity index (χ1v) is 8.28. The lowest BCUT2D eigenvalue weighted by Gasteiger charge is -2.33. The van der Waals surface area contributed by atoms with Gasteiger partial charge in [-0.05, 0) is 58.0 Å². The average Bonchev–Trinajstić information content (AvgIpc) is 2.90. The molecule has 118 valence electrons. The summed E-state index contributed by atoms with van der Waals surface area (Å²) in [5.41, 5.74) is 10.2.